The minimum absolute atomic E-state index is 0.00286. The van der Waals surface area contributed by atoms with Gasteiger partial charge in [0.2, 0.25) is 17.7 Å². The van der Waals surface area contributed by atoms with Crippen molar-refractivity contribution < 1.29 is 34.2 Å². The Hall–Kier alpha value is -4.25. The molecule has 4 unspecified atom stereocenters. The van der Waals surface area contributed by atoms with Crippen molar-refractivity contribution >= 4 is 29.7 Å². The summed E-state index contributed by atoms with van der Waals surface area (Å²) in [5.74, 6) is -5.07. The van der Waals surface area contributed by atoms with Gasteiger partial charge in [-0.05, 0) is 18.1 Å². The number of hydrogen-bond donors (Lipinski definition) is 6. The Balaban J connectivity index is 2.28. The monoisotopic (exact) mass is 498 g/mol. The van der Waals surface area contributed by atoms with Gasteiger partial charge in [0.25, 0.3) is 0 Å². The second-order valence-electron chi connectivity index (χ2n) is 8.29. The average Bonchev–Trinajstić information content (AvgIpc) is 2.83. The van der Waals surface area contributed by atoms with E-state index in [4.69, 9.17) is 10.8 Å². The van der Waals surface area contributed by atoms with Crippen molar-refractivity contribution in [1.29, 1.82) is 0 Å². The van der Waals surface area contributed by atoms with Gasteiger partial charge in [0.15, 0.2) is 0 Å². The molecule has 7 N–H and O–H groups in total. The predicted octanol–water partition coefficient (Wildman–Crippen LogP) is -0.167. The Labute approximate surface area is 208 Å². The first-order valence-electron chi connectivity index (χ1n) is 11.3. The molecule has 4 atom stereocenters. The number of rotatable bonds is 13. The summed E-state index contributed by atoms with van der Waals surface area (Å²) >= 11 is 0. The standard InChI is InChI=1S/C25H30N4O7/c1-15(26)22(32)27-18(12-16-8-4-2-5-9-16)23(33)28-19(13-17-10-6-3-7-11-17)24(34)29-20(25(35)36)14-21(30)31/h2-11,15,18-20H,12-14,26H2,1H3,(H,27,32)(H,28,33)(H,29,34)(H,30,31)(H,35,36). The van der Waals surface area contributed by atoms with E-state index in [-0.39, 0.29) is 12.8 Å². The zero-order valence-electron chi connectivity index (χ0n) is 19.7. The first-order valence-corrected chi connectivity index (χ1v) is 11.3. The maximum Gasteiger partial charge on any atom is 0.326 e. The van der Waals surface area contributed by atoms with Gasteiger partial charge in [-0.2, -0.15) is 0 Å². The zero-order chi connectivity index (χ0) is 26.7. The molecule has 0 saturated carbocycles. The Kier molecular flexibility index (Phi) is 10.6. The molecule has 0 radical (unpaired) electrons. The second kappa shape index (κ2) is 13.6. The molecule has 0 fully saturated rings. The Morgan fingerprint density at radius 2 is 1.08 bits per heavy atom. The van der Waals surface area contributed by atoms with E-state index in [0.29, 0.717) is 5.56 Å². The van der Waals surface area contributed by atoms with Crippen LogP contribution in [0, 0.1) is 0 Å². The molecule has 192 valence electrons. The molecule has 0 saturated heterocycles. The van der Waals surface area contributed by atoms with Crippen LogP contribution >= 0.6 is 0 Å². The highest BCUT2D eigenvalue weighted by Crippen LogP contribution is 2.08. The first-order chi connectivity index (χ1) is 17.1. The van der Waals surface area contributed by atoms with Gasteiger partial charge < -0.3 is 31.9 Å². The van der Waals surface area contributed by atoms with Crippen molar-refractivity contribution in [2.75, 3.05) is 0 Å². The summed E-state index contributed by atoms with van der Waals surface area (Å²) in [6.45, 7) is 1.47. The van der Waals surface area contributed by atoms with Crippen LogP contribution in [0.15, 0.2) is 60.7 Å². The van der Waals surface area contributed by atoms with Crippen LogP contribution < -0.4 is 21.7 Å². The summed E-state index contributed by atoms with van der Waals surface area (Å²) in [7, 11) is 0. The fraction of sp³-hybridized carbons (Fsp3) is 0.320. The van der Waals surface area contributed by atoms with Gasteiger partial charge in [0.1, 0.15) is 18.1 Å². The van der Waals surface area contributed by atoms with Crippen molar-refractivity contribution in [3.05, 3.63) is 71.8 Å². The lowest BCUT2D eigenvalue weighted by Crippen LogP contribution is -2.58. The number of hydrogen-bond acceptors (Lipinski definition) is 6. The van der Waals surface area contributed by atoms with Crippen LogP contribution in [0.25, 0.3) is 0 Å². The molecule has 0 bridgehead atoms. The van der Waals surface area contributed by atoms with Crippen LogP contribution in [0.3, 0.4) is 0 Å². The average molecular weight is 499 g/mol. The number of amides is 3. The topological polar surface area (TPSA) is 188 Å². The molecule has 0 spiro atoms. The third-order valence-corrected chi connectivity index (χ3v) is 5.24. The van der Waals surface area contributed by atoms with Gasteiger partial charge >= 0.3 is 11.9 Å². The minimum atomic E-state index is -1.69. The van der Waals surface area contributed by atoms with Crippen LogP contribution in [0.5, 0.6) is 0 Å². The summed E-state index contributed by atoms with van der Waals surface area (Å²) in [6, 6.07) is 12.7. The largest absolute Gasteiger partial charge is 0.481 e. The molecular weight excluding hydrogens is 468 g/mol. The molecule has 3 amide bonds. The molecule has 0 heterocycles. The van der Waals surface area contributed by atoms with Crippen LogP contribution in [0.4, 0.5) is 0 Å². The van der Waals surface area contributed by atoms with Crippen molar-refractivity contribution in [3.8, 4) is 0 Å². The number of nitrogens with one attached hydrogen (secondary N) is 3. The maximum atomic E-state index is 13.3. The van der Waals surface area contributed by atoms with Gasteiger partial charge in [0, 0.05) is 12.8 Å². The van der Waals surface area contributed by atoms with Crippen molar-refractivity contribution in [1.82, 2.24) is 16.0 Å². The summed E-state index contributed by atoms with van der Waals surface area (Å²) in [4.78, 5) is 61.0. The number of benzene rings is 2. The molecular formula is C25H30N4O7. The predicted molar refractivity (Wildman–Crippen MR) is 130 cm³/mol. The van der Waals surface area contributed by atoms with E-state index < -0.39 is 60.2 Å². The molecule has 0 aliphatic carbocycles. The van der Waals surface area contributed by atoms with E-state index in [2.05, 4.69) is 16.0 Å². The lowest BCUT2D eigenvalue weighted by atomic mass is 10.0. The zero-order valence-corrected chi connectivity index (χ0v) is 19.7. The molecule has 0 aliphatic rings. The number of carboxylic acids is 2. The second-order valence-corrected chi connectivity index (χ2v) is 8.29. The van der Waals surface area contributed by atoms with E-state index >= 15 is 0 Å². The quantitative estimate of drug-likeness (QED) is 0.219. The Morgan fingerprint density at radius 1 is 0.694 bits per heavy atom. The van der Waals surface area contributed by atoms with E-state index in [0.717, 1.165) is 5.56 Å². The van der Waals surface area contributed by atoms with E-state index in [1.807, 2.05) is 0 Å². The first kappa shape index (κ1) is 28.0. The molecule has 11 nitrogen and oxygen atoms in total. The highest BCUT2D eigenvalue weighted by atomic mass is 16.4. The number of carbonyl (C=O) groups excluding carboxylic acids is 3. The maximum absolute atomic E-state index is 13.3. The Morgan fingerprint density at radius 3 is 1.44 bits per heavy atom. The summed E-state index contributed by atoms with van der Waals surface area (Å²) in [5.41, 5.74) is 7.06. The number of carboxylic acid groups (broad SMARTS) is 2. The van der Waals surface area contributed by atoms with E-state index in [9.17, 15) is 29.1 Å². The molecule has 36 heavy (non-hydrogen) atoms. The van der Waals surface area contributed by atoms with Crippen molar-refractivity contribution in [3.63, 3.8) is 0 Å². The minimum Gasteiger partial charge on any atom is -0.481 e. The van der Waals surface area contributed by atoms with Crippen LogP contribution in [0.2, 0.25) is 0 Å². The van der Waals surface area contributed by atoms with Crippen molar-refractivity contribution in [2.45, 2.75) is 50.4 Å². The number of aliphatic carboxylic acids is 2. The molecule has 2 aromatic carbocycles. The smallest absolute Gasteiger partial charge is 0.326 e. The van der Waals surface area contributed by atoms with Gasteiger partial charge in [0.05, 0.1) is 12.5 Å². The number of carbonyl (C=O) groups is 5. The lowest BCUT2D eigenvalue weighted by Gasteiger charge is -2.25. The van der Waals surface area contributed by atoms with Crippen LogP contribution in [0.1, 0.15) is 24.5 Å². The summed E-state index contributed by atoms with van der Waals surface area (Å²) in [5, 5.41) is 25.6. The SMILES string of the molecule is CC(N)C(=O)NC(Cc1ccccc1)C(=O)NC(Cc1ccccc1)C(=O)NC(CC(=O)O)C(=O)O. The molecule has 0 aromatic heterocycles. The molecule has 2 aromatic rings. The lowest BCUT2D eigenvalue weighted by molar-refractivity contribution is -0.147. The summed E-state index contributed by atoms with van der Waals surface area (Å²) < 4.78 is 0. The number of nitrogens with two attached hydrogens (primary N) is 1. The van der Waals surface area contributed by atoms with Gasteiger partial charge in [-0.15, -0.1) is 0 Å². The van der Waals surface area contributed by atoms with Gasteiger partial charge in [-0.25, -0.2) is 4.79 Å². The fourth-order valence-electron chi connectivity index (χ4n) is 3.34. The molecule has 11 heteroatoms. The van der Waals surface area contributed by atoms with Gasteiger partial charge in [-0.1, -0.05) is 60.7 Å². The van der Waals surface area contributed by atoms with Crippen molar-refractivity contribution in [2.24, 2.45) is 5.73 Å². The third kappa shape index (κ3) is 9.18. The molecule has 0 aliphatic heterocycles. The van der Waals surface area contributed by atoms with Crippen LogP contribution in [-0.4, -0.2) is 64.0 Å². The van der Waals surface area contributed by atoms with E-state index in [1.54, 1.807) is 60.7 Å². The van der Waals surface area contributed by atoms with Gasteiger partial charge in [-0.3, -0.25) is 19.2 Å². The fourth-order valence-corrected chi connectivity index (χ4v) is 3.34. The third-order valence-electron chi connectivity index (χ3n) is 5.24. The van der Waals surface area contributed by atoms with E-state index in [1.165, 1.54) is 6.92 Å². The van der Waals surface area contributed by atoms with Crippen LogP contribution in [-0.2, 0) is 36.8 Å². The Bertz CT molecular complexity index is 1060. The summed E-state index contributed by atoms with van der Waals surface area (Å²) in [6.07, 6.45) is -0.729. The highest BCUT2D eigenvalue weighted by molar-refractivity contribution is 5.94. The highest BCUT2D eigenvalue weighted by Gasteiger charge is 2.31. The normalized spacial score (nSPS) is 13.9. The molecule has 2 rings (SSSR count).